The summed E-state index contributed by atoms with van der Waals surface area (Å²) in [5.74, 6) is 3.34. The van der Waals surface area contributed by atoms with Crippen LogP contribution in [0.1, 0.15) is 70.0 Å². The fourth-order valence-electron chi connectivity index (χ4n) is 3.05. The summed E-state index contributed by atoms with van der Waals surface area (Å²) in [6.07, 6.45) is 8.33. The topological polar surface area (TPSA) is 64.9 Å². The second kappa shape index (κ2) is 7.04. The lowest BCUT2D eigenvalue weighted by Crippen LogP contribution is -2.19. The van der Waals surface area contributed by atoms with Crippen LogP contribution in [0.5, 0.6) is 0 Å². The van der Waals surface area contributed by atoms with Crippen LogP contribution in [0.25, 0.3) is 0 Å². The highest BCUT2D eigenvalue weighted by molar-refractivity contribution is 4.97. The van der Waals surface area contributed by atoms with E-state index in [1.165, 1.54) is 32.1 Å². The Labute approximate surface area is 116 Å². The Balaban J connectivity index is 1.92. The van der Waals surface area contributed by atoms with Gasteiger partial charge in [-0.25, -0.2) is 0 Å². The van der Waals surface area contributed by atoms with Crippen molar-refractivity contribution in [3.63, 3.8) is 0 Å². The van der Waals surface area contributed by atoms with Gasteiger partial charge in [-0.05, 0) is 37.6 Å². The van der Waals surface area contributed by atoms with Gasteiger partial charge in [0.25, 0.3) is 0 Å². The zero-order valence-electron chi connectivity index (χ0n) is 12.3. The third-order valence-electron chi connectivity index (χ3n) is 4.06. The molecule has 1 aromatic heterocycles. The predicted molar refractivity (Wildman–Crippen MR) is 75.8 cm³/mol. The lowest BCUT2D eigenvalue weighted by atomic mass is 9.89. The van der Waals surface area contributed by atoms with E-state index in [9.17, 15) is 0 Å². The number of aromatic nitrogens is 2. The van der Waals surface area contributed by atoms with E-state index in [0.717, 1.165) is 24.6 Å². The molecule has 2 rings (SSSR count). The zero-order chi connectivity index (χ0) is 13.7. The molecule has 19 heavy (non-hydrogen) atoms. The molecule has 108 valence electrons. The first-order valence-corrected chi connectivity index (χ1v) is 7.71. The van der Waals surface area contributed by atoms with E-state index in [2.05, 4.69) is 24.0 Å². The largest absolute Gasteiger partial charge is 0.339 e. The Kier molecular flexibility index (Phi) is 5.37. The summed E-state index contributed by atoms with van der Waals surface area (Å²) in [6.45, 7) is 5.15. The summed E-state index contributed by atoms with van der Waals surface area (Å²) in [5, 5.41) is 4.18. The SMILES string of the molecule is CC(C)C[C@H](CN)Cc1nc(C2CCCCC2)no1. The minimum absolute atomic E-state index is 0.458. The number of rotatable bonds is 6. The zero-order valence-corrected chi connectivity index (χ0v) is 12.3. The molecule has 0 unspecified atom stereocenters. The summed E-state index contributed by atoms with van der Waals surface area (Å²) in [4.78, 5) is 4.60. The van der Waals surface area contributed by atoms with Gasteiger partial charge in [0, 0.05) is 12.3 Å². The van der Waals surface area contributed by atoms with Crippen LogP contribution in [-0.4, -0.2) is 16.7 Å². The molecule has 1 saturated carbocycles. The number of hydrogen-bond donors (Lipinski definition) is 1. The van der Waals surface area contributed by atoms with Crippen molar-refractivity contribution in [2.75, 3.05) is 6.54 Å². The van der Waals surface area contributed by atoms with Crippen molar-refractivity contribution in [3.05, 3.63) is 11.7 Å². The third kappa shape index (κ3) is 4.30. The van der Waals surface area contributed by atoms with E-state index in [0.29, 0.717) is 24.3 Å². The van der Waals surface area contributed by atoms with E-state index >= 15 is 0 Å². The van der Waals surface area contributed by atoms with Crippen LogP contribution in [0.4, 0.5) is 0 Å². The summed E-state index contributed by atoms with van der Waals surface area (Å²) in [6, 6.07) is 0. The van der Waals surface area contributed by atoms with Crippen molar-refractivity contribution in [1.82, 2.24) is 10.1 Å². The average Bonchev–Trinajstić information content (AvgIpc) is 2.87. The average molecular weight is 265 g/mol. The van der Waals surface area contributed by atoms with Crippen LogP contribution in [0.15, 0.2) is 4.52 Å². The quantitative estimate of drug-likeness (QED) is 0.857. The molecular formula is C15H27N3O. The minimum atomic E-state index is 0.458. The molecule has 0 spiro atoms. The normalized spacial score (nSPS) is 18.9. The van der Waals surface area contributed by atoms with Crippen molar-refractivity contribution in [1.29, 1.82) is 0 Å². The maximum absolute atomic E-state index is 5.83. The maximum atomic E-state index is 5.83. The third-order valence-corrected chi connectivity index (χ3v) is 4.06. The molecule has 0 aliphatic heterocycles. The summed E-state index contributed by atoms with van der Waals surface area (Å²) >= 11 is 0. The molecule has 1 heterocycles. The number of hydrogen-bond acceptors (Lipinski definition) is 4. The second-order valence-corrected chi connectivity index (χ2v) is 6.32. The molecule has 4 nitrogen and oxygen atoms in total. The van der Waals surface area contributed by atoms with Crippen LogP contribution < -0.4 is 5.73 Å². The molecule has 1 aromatic rings. The molecule has 1 aliphatic rings. The summed E-state index contributed by atoms with van der Waals surface area (Å²) in [5.41, 5.74) is 5.83. The summed E-state index contributed by atoms with van der Waals surface area (Å²) in [7, 11) is 0. The summed E-state index contributed by atoms with van der Waals surface area (Å²) < 4.78 is 5.42. The molecule has 1 aliphatic carbocycles. The van der Waals surface area contributed by atoms with Crippen LogP contribution in [-0.2, 0) is 6.42 Å². The maximum Gasteiger partial charge on any atom is 0.226 e. The molecular weight excluding hydrogens is 238 g/mol. The Hall–Kier alpha value is -0.900. The van der Waals surface area contributed by atoms with Crippen molar-refractivity contribution < 1.29 is 4.52 Å². The Morgan fingerprint density at radius 3 is 2.63 bits per heavy atom. The van der Waals surface area contributed by atoms with Gasteiger partial charge in [-0.15, -0.1) is 0 Å². The van der Waals surface area contributed by atoms with E-state index in [1.54, 1.807) is 0 Å². The van der Waals surface area contributed by atoms with E-state index in [4.69, 9.17) is 10.3 Å². The van der Waals surface area contributed by atoms with Gasteiger partial charge in [0.05, 0.1) is 0 Å². The van der Waals surface area contributed by atoms with Crippen LogP contribution in [0, 0.1) is 11.8 Å². The Morgan fingerprint density at radius 1 is 1.26 bits per heavy atom. The minimum Gasteiger partial charge on any atom is -0.339 e. The van der Waals surface area contributed by atoms with Gasteiger partial charge in [0.2, 0.25) is 5.89 Å². The fraction of sp³-hybridized carbons (Fsp3) is 0.867. The van der Waals surface area contributed by atoms with Crippen molar-refractivity contribution in [2.24, 2.45) is 17.6 Å². The van der Waals surface area contributed by atoms with Gasteiger partial charge >= 0.3 is 0 Å². The van der Waals surface area contributed by atoms with Crippen LogP contribution in [0.2, 0.25) is 0 Å². The molecule has 4 heteroatoms. The van der Waals surface area contributed by atoms with Gasteiger partial charge in [0.15, 0.2) is 5.82 Å². The van der Waals surface area contributed by atoms with E-state index < -0.39 is 0 Å². The van der Waals surface area contributed by atoms with E-state index in [-0.39, 0.29) is 0 Å². The lowest BCUT2D eigenvalue weighted by Gasteiger charge is -2.17. The highest BCUT2D eigenvalue weighted by Crippen LogP contribution is 2.31. The number of nitrogens with zero attached hydrogens (tertiary/aromatic N) is 2. The predicted octanol–water partition coefficient (Wildman–Crippen LogP) is 3.28. The standard InChI is InChI=1S/C15H27N3O/c1-11(2)8-12(10-16)9-14-17-15(18-19-14)13-6-4-3-5-7-13/h11-13H,3-10,16H2,1-2H3/t12-/m0/s1. The molecule has 0 radical (unpaired) electrons. The van der Waals surface area contributed by atoms with Gasteiger partial charge in [-0.2, -0.15) is 4.98 Å². The monoisotopic (exact) mass is 265 g/mol. The molecule has 0 amide bonds. The molecule has 0 aromatic carbocycles. The van der Waals surface area contributed by atoms with Crippen molar-refractivity contribution in [3.8, 4) is 0 Å². The fourth-order valence-corrected chi connectivity index (χ4v) is 3.05. The second-order valence-electron chi connectivity index (χ2n) is 6.32. The van der Waals surface area contributed by atoms with Crippen LogP contribution >= 0.6 is 0 Å². The van der Waals surface area contributed by atoms with Gasteiger partial charge in [-0.3, -0.25) is 0 Å². The number of nitrogens with two attached hydrogens (primary N) is 1. The van der Waals surface area contributed by atoms with Crippen LogP contribution in [0.3, 0.4) is 0 Å². The lowest BCUT2D eigenvalue weighted by molar-refractivity contribution is 0.325. The van der Waals surface area contributed by atoms with E-state index in [1.807, 2.05) is 0 Å². The Morgan fingerprint density at radius 2 is 2.00 bits per heavy atom. The van der Waals surface area contributed by atoms with Crippen molar-refractivity contribution in [2.45, 2.75) is 64.7 Å². The van der Waals surface area contributed by atoms with Gasteiger partial charge in [-0.1, -0.05) is 38.3 Å². The molecule has 0 saturated heterocycles. The first-order valence-electron chi connectivity index (χ1n) is 7.71. The molecule has 1 fully saturated rings. The van der Waals surface area contributed by atoms with Crippen molar-refractivity contribution >= 4 is 0 Å². The first kappa shape index (κ1) is 14.5. The molecule has 0 bridgehead atoms. The van der Waals surface area contributed by atoms with Gasteiger partial charge < -0.3 is 10.3 Å². The highest BCUT2D eigenvalue weighted by Gasteiger charge is 2.22. The van der Waals surface area contributed by atoms with Gasteiger partial charge in [0.1, 0.15) is 0 Å². The smallest absolute Gasteiger partial charge is 0.226 e. The highest BCUT2D eigenvalue weighted by atomic mass is 16.5. The Bertz CT molecular complexity index is 369. The first-order chi connectivity index (χ1) is 9.19. The molecule has 1 atom stereocenters. The molecule has 2 N–H and O–H groups in total.